The highest BCUT2D eigenvalue weighted by atomic mass is 35.5. The van der Waals surface area contributed by atoms with Crippen LogP contribution in [-0.2, 0) is 17.9 Å². The molecule has 0 fully saturated rings. The molecule has 0 saturated carbocycles. The zero-order chi connectivity index (χ0) is 19.1. The van der Waals surface area contributed by atoms with Gasteiger partial charge in [0.25, 0.3) is 0 Å². The van der Waals surface area contributed by atoms with Gasteiger partial charge in [-0.15, -0.1) is 0 Å². The third-order valence-electron chi connectivity index (χ3n) is 4.80. The molecule has 2 heterocycles. The van der Waals surface area contributed by atoms with Crippen molar-refractivity contribution in [3.8, 4) is 0 Å². The van der Waals surface area contributed by atoms with Gasteiger partial charge in [0.1, 0.15) is 5.15 Å². The lowest BCUT2D eigenvalue weighted by atomic mass is 9.92. The minimum absolute atomic E-state index is 0.0180. The normalized spacial score (nSPS) is 14.3. The molecule has 1 amide bonds. The summed E-state index contributed by atoms with van der Waals surface area (Å²) in [6, 6.07) is 8.39. The number of anilines is 2. The maximum Gasteiger partial charge on any atom is 0.224 e. The molecule has 0 radical (unpaired) electrons. The Hall–Kier alpha value is -1.94. The number of rotatable bonds is 3. The molecule has 2 aromatic rings. The molecule has 3 rings (SSSR count). The highest BCUT2D eigenvalue weighted by Gasteiger charge is 2.21. The van der Waals surface area contributed by atoms with Crippen molar-refractivity contribution in [1.29, 1.82) is 0 Å². The fourth-order valence-electron chi connectivity index (χ4n) is 3.57. The van der Waals surface area contributed by atoms with Gasteiger partial charge in [-0.1, -0.05) is 32.4 Å². The van der Waals surface area contributed by atoms with E-state index in [4.69, 9.17) is 11.6 Å². The van der Waals surface area contributed by atoms with Gasteiger partial charge in [-0.2, -0.15) is 0 Å². The molecule has 0 unspecified atom stereocenters. The van der Waals surface area contributed by atoms with Gasteiger partial charge in [-0.05, 0) is 54.7 Å². The first-order valence-electron chi connectivity index (χ1n) is 9.14. The van der Waals surface area contributed by atoms with Gasteiger partial charge in [-0.25, -0.2) is 0 Å². The summed E-state index contributed by atoms with van der Waals surface area (Å²) in [5.74, 6) is 0.0712. The Morgan fingerprint density at radius 3 is 2.42 bits per heavy atom. The Balaban J connectivity index is 1.78. The Kier molecular flexibility index (Phi) is 5.07. The Morgan fingerprint density at radius 2 is 1.81 bits per heavy atom. The van der Waals surface area contributed by atoms with E-state index in [-0.39, 0.29) is 11.3 Å². The van der Waals surface area contributed by atoms with Crippen LogP contribution < -0.4 is 10.2 Å². The van der Waals surface area contributed by atoms with Crippen LogP contribution in [0.25, 0.3) is 0 Å². The quantitative estimate of drug-likeness (QED) is 0.807. The third kappa shape index (κ3) is 4.07. The molecule has 0 atom stereocenters. The second kappa shape index (κ2) is 6.99. The van der Waals surface area contributed by atoms with Crippen molar-refractivity contribution in [2.45, 2.75) is 54.1 Å². The second-order valence-electron chi connectivity index (χ2n) is 8.46. The maximum absolute atomic E-state index is 12.3. The van der Waals surface area contributed by atoms with Crippen molar-refractivity contribution in [2.75, 3.05) is 16.8 Å². The number of aryl methyl sites for hydroxylation is 2. The van der Waals surface area contributed by atoms with Crippen molar-refractivity contribution in [2.24, 2.45) is 5.41 Å². The van der Waals surface area contributed by atoms with Crippen LogP contribution in [0.2, 0.25) is 5.15 Å². The molecule has 140 valence electrons. The van der Waals surface area contributed by atoms with E-state index in [9.17, 15) is 4.79 Å². The van der Waals surface area contributed by atoms with Gasteiger partial charge in [0.15, 0.2) is 0 Å². The summed E-state index contributed by atoms with van der Waals surface area (Å²) in [7, 11) is 0. The Bertz CT molecular complexity index is 809. The first-order valence-corrected chi connectivity index (χ1v) is 9.52. The van der Waals surface area contributed by atoms with E-state index in [0.717, 1.165) is 41.6 Å². The third-order valence-corrected chi connectivity index (χ3v) is 5.13. The first kappa shape index (κ1) is 18.8. The van der Waals surface area contributed by atoms with Gasteiger partial charge in [-0.3, -0.25) is 4.79 Å². The summed E-state index contributed by atoms with van der Waals surface area (Å²) in [5, 5.41) is 3.91. The van der Waals surface area contributed by atoms with E-state index in [2.05, 4.69) is 67.6 Å². The Labute approximate surface area is 161 Å². The van der Waals surface area contributed by atoms with E-state index in [0.29, 0.717) is 6.42 Å². The number of benzene rings is 1. The van der Waals surface area contributed by atoms with E-state index >= 15 is 0 Å². The number of carbonyl (C=O) groups is 1. The minimum Gasteiger partial charge on any atom is -0.364 e. The average molecular weight is 374 g/mol. The van der Waals surface area contributed by atoms with Gasteiger partial charge < -0.3 is 14.8 Å². The lowest BCUT2D eigenvalue weighted by Crippen LogP contribution is -2.33. The van der Waals surface area contributed by atoms with Crippen molar-refractivity contribution in [1.82, 2.24) is 4.57 Å². The second-order valence-corrected chi connectivity index (χ2v) is 8.85. The molecule has 26 heavy (non-hydrogen) atoms. The maximum atomic E-state index is 12.3. The number of nitrogens with zero attached hydrogens (tertiary/aromatic N) is 2. The van der Waals surface area contributed by atoms with Crippen LogP contribution in [0.3, 0.4) is 0 Å². The first-order chi connectivity index (χ1) is 12.1. The molecule has 0 aliphatic carbocycles. The number of amides is 1. The molecule has 0 spiro atoms. The zero-order valence-corrected chi connectivity index (χ0v) is 17.1. The van der Waals surface area contributed by atoms with Crippen LogP contribution >= 0.6 is 11.6 Å². The monoisotopic (exact) mass is 373 g/mol. The van der Waals surface area contributed by atoms with Crippen LogP contribution in [0.1, 0.15) is 44.0 Å². The van der Waals surface area contributed by atoms with Crippen molar-refractivity contribution < 1.29 is 4.79 Å². The number of carbonyl (C=O) groups excluding carboxylic acids is 1. The highest BCUT2D eigenvalue weighted by Crippen LogP contribution is 2.31. The molecule has 5 heteroatoms. The molecule has 4 nitrogen and oxygen atoms in total. The molecular formula is C21H28ClN3O. The van der Waals surface area contributed by atoms with E-state index in [1.165, 1.54) is 11.4 Å². The molecule has 1 aromatic heterocycles. The lowest BCUT2D eigenvalue weighted by Gasteiger charge is -2.32. The van der Waals surface area contributed by atoms with Crippen LogP contribution in [0.15, 0.2) is 24.3 Å². The number of hydrogen-bond acceptors (Lipinski definition) is 2. The van der Waals surface area contributed by atoms with Crippen molar-refractivity contribution in [3.63, 3.8) is 0 Å². The average Bonchev–Trinajstić information content (AvgIpc) is 2.90. The molecule has 1 aliphatic heterocycles. The van der Waals surface area contributed by atoms with Crippen LogP contribution in [0.5, 0.6) is 0 Å². The fraction of sp³-hybridized carbons (Fsp3) is 0.476. The molecular weight excluding hydrogens is 346 g/mol. The van der Waals surface area contributed by atoms with Crippen LogP contribution in [0, 0.1) is 19.3 Å². The molecule has 1 aromatic carbocycles. The SMILES string of the molecule is Cc1cc(N2CCn3c(Cl)ccc3C2)cc(C)c1NC(=O)CC(C)(C)C. The molecule has 1 aliphatic rings. The van der Waals surface area contributed by atoms with Gasteiger partial charge >= 0.3 is 0 Å². The van der Waals surface area contributed by atoms with Crippen molar-refractivity contribution >= 4 is 28.9 Å². The van der Waals surface area contributed by atoms with Crippen molar-refractivity contribution in [3.05, 3.63) is 46.2 Å². The van der Waals surface area contributed by atoms with E-state index in [1.54, 1.807) is 0 Å². The summed E-state index contributed by atoms with van der Waals surface area (Å²) in [5.41, 5.74) is 5.54. The van der Waals surface area contributed by atoms with Crippen LogP contribution in [0.4, 0.5) is 11.4 Å². The number of nitrogens with one attached hydrogen (secondary N) is 1. The number of hydrogen-bond donors (Lipinski definition) is 1. The van der Waals surface area contributed by atoms with Gasteiger partial charge in [0, 0.05) is 36.6 Å². The number of aromatic nitrogens is 1. The summed E-state index contributed by atoms with van der Waals surface area (Å²) in [4.78, 5) is 14.7. The fourth-order valence-corrected chi connectivity index (χ4v) is 3.83. The molecule has 1 N–H and O–H groups in total. The van der Waals surface area contributed by atoms with Crippen LogP contribution in [-0.4, -0.2) is 17.0 Å². The number of halogens is 1. The molecule has 0 bridgehead atoms. The van der Waals surface area contributed by atoms with E-state index < -0.39 is 0 Å². The zero-order valence-electron chi connectivity index (χ0n) is 16.3. The summed E-state index contributed by atoms with van der Waals surface area (Å²) in [6.45, 7) is 13.0. The smallest absolute Gasteiger partial charge is 0.224 e. The summed E-state index contributed by atoms with van der Waals surface area (Å²) < 4.78 is 2.17. The van der Waals surface area contributed by atoms with E-state index in [1.807, 2.05) is 6.07 Å². The highest BCUT2D eigenvalue weighted by molar-refractivity contribution is 6.29. The standard InChI is InChI=1S/C21H28ClN3O/c1-14-10-17(24-8-9-25-16(13-24)6-7-18(25)22)11-15(2)20(14)23-19(26)12-21(3,4)5/h6-7,10-11H,8-9,12-13H2,1-5H3,(H,23,26). The van der Waals surface area contributed by atoms with Gasteiger partial charge in [0.05, 0.1) is 6.54 Å². The summed E-state index contributed by atoms with van der Waals surface area (Å²) in [6.07, 6.45) is 0.511. The predicted molar refractivity (Wildman–Crippen MR) is 109 cm³/mol. The summed E-state index contributed by atoms with van der Waals surface area (Å²) >= 11 is 6.22. The predicted octanol–water partition coefficient (Wildman–Crippen LogP) is 5.15. The lowest BCUT2D eigenvalue weighted by molar-refractivity contribution is -0.117. The minimum atomic E-state index is -0.0180. The largest absolute Gasteiger partial charge is 0.364 e. The Morgan fingerprint density at radius 1 is 1.15 bits per heavy atom. The number of fused-ring (bicyclic) bond motifs is 1. The van der Waals surface area contributed by atoms with Gasteiger partial charge in [0.2, 0.25) is 5.91 Å². The molecule has 0 saturated heterocycles. The topological polar surface area (TPSA) is 37.3 Å².